The molecule has 1 heterocycles. The van der Waals surface area contributed by atoms with E-state index in [1.165, 1.54) is 4.18 Å². The third-order valence-electron chi connectivity index (χ3n) is 2.41. The van der Waals surface area contributed by atoms with E-state index in [2.05, 4.69) is 23.8 Å². The first-order valence-electron chi connectivity index (χ1n) is 4.75. The van der Waals surface area contributed by atoms with Crippen LogP contribution in [0.3, 0.4) is 0 Å². The van der Waals surface area contributed by atoms with E-state index in [-0.39, 0.29) is 0 Å². The second-order valence-electron chi connectivity index (χ2n) is 3.12. The Morgan fingerprint density at radius 1 is 1.50 bits per heavy atom. The predicted molar refractivity (Wildman–Crippen MR) is 52.6 cm³/mol. The standard InChI is InChI=1S/C5H10NO.C4H6.In/c1-3-6(4-2)5-7;1-3-4-2;/h3-4H2,1-2H3;1,3H,2,4H2;. The number of hydrogen-bond donors (Lipinski definition) is 0. The van der Waals surface area contributed by atoms with Gasteiger partial charge in [-0.25, -0.2) is 0 Å². The van der Waals surface area contributed by atoms with Crippen molar-refractivity contribution in [3.8, 4) is 0 Å². The van der Waals surface area contributed by atoms with Crippen molar-refractivity contribution in [1.82, 2.24) is 4.90 Å². The summed E-state index contributed by atoms with van der Waals surface area (Å²) >= 11 is -1.84. The van der Waals surface area contributed by atoms with E-state index in [9.17, 15) is 4.79 Å². The molecular weight excluding hydrogens is 253 g/mol. The molecule has 1 aliphatic heterocycles. The first-order chi connectivity index (χ1) is 5.79. The molecule has 0 radical (unpaired) electrons. The number of hydrogen-bond acceptors (Lipinski definition) is 1. The number of carbonyl (C=O) groups excluding carboxylic acids is 1. The molecule has 0 unspecified atom stereocenters. The fraction of sp³-hybridized carbons (Fsp3) is 0.667. The van der Waals surface area contributed by atoms with Gasteiger partial charge in [-0.05, 0) is 0 Å². The molecular formula is C9H16InNO. The van der Waals surface area contributed by atoms with Gasteiger partial charge in [0.25, 0.3) is 0 Å². The van der Waals surface area contributed by atoms with Crippen LogP contribution in [0.1, 0.15) is 20.3 Å². The minimum absolute atomic E-state index is 0.510. The van der Waals surface area contributed by atoms with Gasteiger partial charge in [0.05, 0.1) is 0 Å². The molecule has 1 rings (SSSR count). The third kappa shape index (κ3) is 2.28. The van der Waals surface area contributed by atoms with Gasteiger partial charge in [0.2, 0.25) is 0 Å². The molecule has 3 heteroatoms. The van der Waals surface area contributed by atoms with Gasteiger partial charge in [0.15, 0.2) is 0 Å². The molecule has 0 saturated carbocycles. The summed E-state index contributed by atoms with van der Waals surface area (Å²) in [5.41, 5.74) is 0. The van der Waals surface area contributed by atoms with Crippen LogP contribution in [0.25, 0.3) is 0 Å². The molecule has 2 nitrogen and oxygen atoms in total. The zero-order valence-electron chi connectivity index (χ0n) is 7.92. The monoisotopic (exact) mass is 269 g/mol. The van der Waals surface area contributed by atoms with E-state index in [1.807, 2.05) is 4.90 Å². The van der Waals surface area contributed by atoms with E-state index in [0.717, 1.165) is 19.5 Å². The van der Waals surface area contributed by atoms with Crippen LogP contribution in [0, 0.1) is 0 Å². The van der Waals surface area contributed by atoms with Crippen LogP contribution in [-0.2, 0) is 0 Å². The molecule has 1 aliphatic rings. The zero-order chi connectivity index (χ0) is 8.97. The van der Waals surface area contributed by atoms with Gasteiger partial charge < -0.3 is 0 Å². The van der Waals surface area contributed by atoms with Crippen molar-refractivity contribution in [3.63, 3.8) is 0 Å². The van der Waals surface area contributed by atoms with Crippen molar-refractivity contribution in [3.05, 3.63) is 9.91 Å². The van der Waals surface area contributed by atoms with Gasteiger partial charge in [0.1, 0.15) is 0 Å². The van der Waals surface area contributed by atoms with Crippen LogP contribution in [0.5, 0.6) is 0 Å². The fourth-order valence-corrected chi connectivity index (χ4v) is 8.77. The van der Waals surface area contributed by atoms with Gasteiger partial charge in [-0.1, -0.05) is 0 Å². The number of nitrogens with zero attached hydrogens (tertiary/aromatic N) is 1. The fourth-order valence-electron chi connectivity index (χ4n) is 1.61. The third-order valence-corrected chi connectivity index (χ3v) is 10.1. The maximum absolute atomic E-state index is 11.8. The quantitative estimate of drug-likeness (QED) is 0.767. The molecule has 66 valence electrons. The molecule has 0 aromatic carbocycles. The summed E-state index contributed by atoms with van der Waals surface area (Å²) in [4.78, 5) is 13.8. The van der Waals surface area contributed by atoms with Crippen molar-refractivity contribution in [1.29, 1.82) is 0 Å². The molecule has 0 saturated heterocycles. The van der Waals surface area contributed by atoms with Crippen LogP contribution in [0.15, 0.2) is 9.91 Å². The summed E-state index contributed by atoms with van der Waals surface area (Å²) in [5.74, 6) is 0. The Morgan fingerprint density at radius 3 is 2.58 bits per heavy atom. The van der Waals surface area contributed by atoms with E-state index in [0.29, 0.717) is 3.66 Å². The van der Waals surface area contributed by atoms with Crippen LogP contribution < -0.4 is 0 Å². The van der Waals surface area contributed by atoms with Gasteiger partial charge in [-0.15, -0.1) is 0 Å². The number of rotatable bonds is 3. The summed E-state index contributed by atoms with van der Waals surface area (Å²) in [6, 6.07) is 0. The number of amides is 1. The van der Waals surface area contributed by atoms with Crippen molar-refractivity contribution < 1.29 is 4.79 Å². The molecule has 0 aliphatic carbocycles. The Labute approximate surface area is 82.2 Å². The summed E-state index contributed by atoms with van der Waals surface area (Å²) in [6.07, 6.45) is 3.36. The average Bonchev–Trinajstić information content (AvgIpc) is 2.58. The first kappa shape index (κ1) is 10.2. The SMILES string of the molecule is CCN(CC)[C](=O)[In]1[CH]=CC[CH2]1. The molecule has 0 spiro atoms. The molecule has 0 bridgehead atoms. The number of allylic oxidation sites excluding steroid dienone is 1. The molecule has 0 N–H and O–H groups in total. The van der Waals surface area contributed by atoms with Crippen molar-refractivity contribution in [2.75, 3.05) is 13.1 Å². The minimum atomic E-state index is -1.84. The molecule has 0 fully saturated rings. The number of carbonyl (C=O) groups is 1. The summed E-state index contributed by atoms with van der Waals surface area (Å²) in [6.45, 7) is 5.89. The first-order valence-corrected chi connectivity index (χ1v) is 10.6. The van der Waals surface area contributed by atoms with Crippen LogP contribution in [-0.4, -0.2) is 43.1 Å². The molecule has 0 atom stereocenters. The van der Waals surface area contributed by atoms with E-state index < -0.39 is 21.4 Å². The molecule has 12 heavy (non-hydrogen) atoms. The normalized spacial score (nSPS) is 15.3. The van der Waals surface area contributed by atoms with E-state index in [1.54, 1.807) is 0 Å². The topological polar surface area (TPSA) is 20.3 Å². The Bertz CT molecular complexity index is 187. The van der Waals surface area contributed by atoms with Gasteiger partial charge in [-0.2, -0.15) is 0 Å². The molecule has 1 amide bonds. The van der Waals surface area contributed by atoms with Crippen molar-refractivity contribution in [2.45, 2.75) is 24.4 Å². The van der Waals surface area contributed by atoms with E-state index >= 15 is 0 Å². The average molecular weight is 269 g/mol. The van der Waals surface area contributed by atoms with Crippen LogP contribution >= 0.6 is 0 Å². The Morgan fingerprint density at radius 2 is 2.17 bits per heavy atom. The molecule has 0 aromatic rings. The Balaban J connectivity index is 2.50. The zero-order valence-corrected chi connectivity index (χ0v) is 11.2. The van der Waals surface area contributed by atoms with Crippen molar-refractivity contribution >= 4 is 25.1 Å². The Hall–Kier alpha value is 0.0801. The van der Waals surface area contributed by atoms with Gasteiger partial charge in [0, 0.05) is 0 Å². The molecule has 0 aromatic heterocycles. The van der Waals surface area contributed by atoms with Gasteiger partial charge in [-0.3, -0.25) is 0 Å². The van der Waals surface area contributed by atoms with Crippen LogP contribution in [0.4, 0.5) is 4.79 Å². The van der Waals surface area contributed by atoms with E-state index in [4.69, 9.17) is 0 Å². The predicted octanol–water partition coefficient (Wildman–Crippen LogP) is 2.02. The summed E-state index contributed by atoms with van der Waals surface area (Å²) in [5, 5.41) is 0. The van der Waals surface area contributed by atoms with Gasteiger partial charge >= 0.3 is 82.2 Å². The van der Waals surface area contributed by atoms with Crippen LogP contribution in [0.2, 0.25) is 4.18 Å². The maximum atomic E-state index is 11.8. The summed E-state index contributed by atoms with van der Waals surface area (Å²) in [7, 11) is 0. The van der Waals surface area contributed by atoms with Crippen molar-refractivity contribution in [2.24, 2.45) is 0 Å². The summed E-state index contributed by atoms with van der Waals surface area (Å²) < 4.78 is 3.98. The Kier molecular flexibility index (Phi) is 4.19. The second-order valence-corrected chi connectivity index (χ2v) is 10.7. The second kappa shape index (κ2) is 4.95.